The number of tetrazole rings is 1. The molecule has 3 rings (SSSR count). The molecule has 10 nitrogen and oxygen atoms in total. The molecule has 0 radical (unpaired) electrons. The van der Waals surface area contributed by atoms with Gasteiger partial charge in [-0.05, 0) is 29.7 Å². The molecule has 20 heavy (non-hydrogen) atoms. The van der Waals surface area contributed by atoms with Crippen LogP contribution in [0.25, 0.3) is 5.82 Å². The Labute approximate surface area is 112 Å². The van der Waals surface area contributed by atoms with Crippen LogP contribution in [0.5, 0.6) is 0 Å². The van der Waals surface area contributed by atoms with Crippen LogP contribution in [0.3, 0.4) is 0 Å². The number of rotatable bonds is 4. The number of aromatic amines is 1. The van der Waals surface area contributed by atoms with Crippen LogP contribution in [0.1, 0.15) is 29.6 Å². The molecule has 0 aliphatic heterocycles. The Morgan fingerprint density at radius 2 is 2.25 bits per heavy atom. The molecule has 2 aromatic heterocycles. The highest BCUT2D eigenvalue weighted by atomic mass is 16.4. The minimum absolute atomic E-state index is 0.185. The van der Waals surface area contributed by atoms with Gasteiger partial charge >= 0.3 is 5.97 Å². The number of amides is 1. The Hall–Kier alpha value is -2.78. The molecule has 0 bridgehead atoms. The van der Waals surface area contributed by atoms with Crippen molar-refractivity contribution in [3.8, 4) is 5.82 Å². The number of carboxylic acids is 1. The highest BCUT2D eigenvalue weighted by molar-refractivity contribution is 6.00. The standard InChI is InChI=1S/C10H11N7O3/c18-8(13-10(9(19)20)2-1-3-10)6-4-11-14-7(6)17-5-12-15-16-17/h4-5H,1-3H2,(H,11,14)(H,13,18)(H,19,20). The average Bonchev–Trinajstić information content (AvgIpc) is 3.01. The maximum absolute atomic E-state index is 12.2. The number of aromatic nitrogens is 6. The molecular weight excluding hydrogens is 266 g/mol. The Morgan fingerprint density at radius 3 is 2.80 bits per heavy atom. The molecule has 1 fully saturated rings. The van der Waals surface area contributed by atoms with Gasteiger partial charge in [0.1, 0.15) is 17.4 Å². The topological polar surface area (TPSA) is 139 Å². The second kappa shape index (κ2) is 4.40. The molecule has 1 amide bonds. The SMILES string of the molecule is O=C(NC1(C(=O)O)CCC1)c1cn[nH]c1-n1cnnn1. The first-order chi connectivity index (χ1) is 9.62. The summed E-state index contributed by atoms with van der Waals surface area (Å²) in [6.45, 7) is 0. The van der Waals surface area contributed by atoms with Gasteiger partial charge in [0.2, 0.25) is 0 Å². The number of nitrogens with zero attached hydrogens (tertiary/aromatic N) is 5. The van der Waals surface area contributed by atoms with Gasteiger partial charge in [-0.2, -0.15) is 9.78 Å². The molecule has 0 spiro atoms. The smallest absolute Gasteiger partial charge is 0.329 e. The Morgan fingerprint density at radius 1 is 1.45 bits per heavy atom. The fraction of sp³-hybridized carbons (Fsp3) is 0.400. The predicted octanol–water partition coefficient (Wildman–Crippen LogP) is -0.878. The van der Waals surface area contributed by atoms with Crippen LogP contribution in [-0.4, -0.2) is 52.9 Å². The van der Waals surface area contributed by atoms with Gasteiger partial charge < -0.3 is 10.4 Å². The van der Waals surface area contributed by atoms with Crippen LogP contribution in [-0.2, 0) is 4.79 Å². The predicted molar refractivity (Wildman–Crippen MR) is 63.0 cm³/mol. The zero-order chi connectivity index (χ0) is 14.2. The van der Waals surface area contributed by atoms with Crippen molar-refractivity contribution < 1.29 is 14.7 Å². The Balaban J connectivity index is 1.85. The van der Waals surface area contributed by atoms with Crippen LogP contribution >= 0.6 is 0 Å². The van der Waals surface area contributed by atoms with Gasteiger partial charge in [0.25, 0.3) is 5.91 Å². The largest absolute Gasteiger partial charge is 0.480 e. The van der Waals surface area contributed by atoms with Crippen LogP contribution in [0, 0.1) is 0 Å². The summed E-state index contributed by atoms with van der Waals surface area (Å²) in [4.78, 5) is 23.5. The summed E-state index contributed by atoms with van der Waals surface area (Å²) in [5.41, 5.74) is -0.989. The zero-order valence-corrected chi connectivity index (χ0v) is 10.3. The lowest BCUT2D eigenvalue weighted by Crippen LogP contribution is -2.59. The van der Waals surface area contributed by atoms with Crippen LogP contribution < -0.4 is 5.32 Å². The van der Waals surface area contributed by atoms with E-state index in [0.717, 1.165) is 6.42 Å². The molecule has 1 saturated carbocycles. The van der Waals surface area contributed by atoms with E-state index in [1.807, 2.05) is 0 Å². The molecule has 3 N–H and O–H groups in total. The molecule has 0 saturated heterocycles. The monoisotopic (exact) mass is 277 g/mol. The molecule has 2 aromatic rings. The number of H-pyrrole nitrogens is 1. The van der Waals surface area contributed by atoms with Crippen molar-refractivity contribution in [2.45, 2.75) is 24.8 Å². The number of aliphatic carboxylic acids is 1. The first-order valence-electron chi connectivity index (χ1n) is 5.95. The van der Waals surface area contributed by atoms with Crippen LogP contribution in [0.15, 0.2) is 12.5 Å². The molecule has 10 heteroatoms. The summed E-state index contributed by atoms with van der Waals surface area (Å²) >= 11 is 0. The summed E-state index contributed by atoms with van der Waals surface area (Å²) in [5.74, 6) is -1.26. The Bertz CT molecular complexity index is 644. The maximum Gasteiger partial charge on any atom is 0.329 e. The van der Waals surface area contributed by atoms with Gasteiger partial charge in [0.05, 0.1) is 6.20 Å². The fourth-order valence-electron chi connectivity index (χ4n) is 2.09. The first kappa shape index (κ1) is 12.3. The van der Waals surface area contributed by atoms with E-state index in [9.17, 15) is 14.7 Å². The van der Waals surface area contributed by atoms with Crippen molar-refractivity contribution in [3.63, 3.8) is 0 Å². The number of carboxylic acid groups (broad SMARTS) is 1. The quantitative estimate of drug-likeness (QED) is 0.659. The van der Waals surface area contributed by atoms with E-state index >= 15 is 0 Å². The van der Waals surface area contributed by atoms with Crippen LogP contribution in [0.4, 0.5) is 0 Å². The van der Waals surface area contributed by atoms with Crippen molar-refractivity contribution >= 4 is 11.9 Å². The third-order valence-corrected chi connectivity index (χ3v) is 3.41. The molecule has 1 aliphatic carbocycles. The highest BCUT2D eigenvalue weighted by Gasteiger charge is 2.46. The summed E-state index contributed by atoms with van der Waals surface area (Å²) in [5, 5.41) is 28.7. The molecule has 1 aliphatic rings. The summed E-state index contributed by atoms with van der Waals surface area (Å²) in [6, 6.07) is 0. The summed E-state index contributed by atoms with van der Waals surface area (Å²) in [6.07, 6.45) is 4.23. The lowest BCUT2D eigenvalue weighted by Gasteiger charge is -2.38. The number of nitrogens with one attached hydrogen (secondary N) is 2. The van der Waals surface area contributed by atoms with Gasteiger partial charge in [-0.3, -0.25) is 9.89 Å². The Kier molecular flexibility index (Phi) is 2.70. The molecule has 0 atom stereocenters. The minimum atomic E-state index is -1.17. The van der Waals surface area contributed by atoms with Gasteiger partial charge in [-0.25, -0.2) is 4.79 Å². The van der Waals surface area contributed by atoms with Crippen molar-refractivity contribution in [3.05, 3.63) is 18.1 Å². The van der Waals surface area contributed by atoms with E-state index in [-0.39, 0.29) is 11.4 Å². The molecule has 0 unspecified atom stereocenters. The van der Waals surface area contributed by atoms with E-state index in [4.69, 9.17) is 0 Å². The normalized spacial score (nSPS) is 16.4. The zero-order valence-electron chi connectivity index (χ0n) is 10.3. The first-order valence-corrected chi connectivity index (χ1v) is 5.95. The number of hydrogen-bond acceptors (Lipinski definition) is 6. The highest BCUT2D eigenvalue weighted by Crippen LogP contribution is 2.32. The number of carbonyl (C=O) groups excluding carboxylic acids is 1. The molecule has 2 heterocycles. The minimum Gasteiger partial charge on any atom is -0.480 e. The lowest BCUT2D eigenvalue weighted by molar-refractivity contribution is -0.148. The van der Waals surface area contributed by atoms with Gasteiger partial charge in [0.15, 0.2) is 5.82 Å². The lowest BCUT2D eigenvalue weighted by atomic mass is 9.76. The summed E-state index contributed by atoms with van der Waals surface area (Å²) < 4.78 is 1.25. The van der Waals surface area contributed by atoms with E-state index in [2.05, 4.69) is 31.0 Å². The van der Waals surface area contributed by atoms with Crippen LogP contribution in [0.2, 0.25) is 0 Å². The molecule has 0 aromatic carbocycles. The van der Waals surface area contributed by atoms with Crippen molar-refractivity contribution in [1.82, 2.24) is 35.7 Å². The number of hydrogen-bond donors (Lipinski definition) is 3. The average molecular weight is 277 g/mol. The van der Waals surface area contributed by atoms with Crippen molar-refractivity contribution in [1.29, 1.82) is 0 Å². The van der Waals surface area contributed by atoms with E-state index < -0.39 is 17.4 Å². The maximum atomic E-state index is 12.2. The van der Waals surface area contributed by atoms with Gasteiger partial charge in [-0.1, -0.05) is 0 Å². The third kappa shape index (κ3) is 1.81. The van der Waals surface area contributed by atoms with E-state index in [1.54, 1.807) is 0 Å². The second-order valence-corrected chi connectivity index (χ2v) is 4.58. The van der Waals surface area contributed by atoms with E-state index in [0.29, 0.717) is 12.8 Å². The van der Waals surface area contributed by atoms with Gasteiger partial charge in [0, 0.05) is 0 Å². The fourth-order valence-corrected chi connectivity index (χ4v) is 2.09. The molecule has 104 valence electrons. The van der Waals surface area contributed by atoms with Gasteiger partial charge in [-0.15, -0.1) is 5.10 Å². The second-order valence-electron chi connectivity index (χ2n) is 4.58. The summed E-state index contributed by atoms with van der Waals surface area (Å²) in [7, 11) is 0. The van der Waals surface area contributed by atoms with E-state index in [1.165, 1.54) is 17.2 Å². The van der Waals surface area contributed by atoms with Crippen molar-refractivity contribution in [2.75, 3.05) is 0 Å². The molecular formula is C10H11N7O3. The third-order valence-electron chi connectivity index (χ3n) is 3.41. The number of carbonyl (C=O) groups is 2. The van der Waals surface area contributed by atoms with Crippen molar-refractivity contribution in [2.24, 2.45) is 0 Å².